The van der Waals surface area contributed by atoms with Crippen LogP contribution in [0, 0.1) is 0 Å². The summed E-state index contributed by atoms with van der Waals surface area (Å²) in [4.78, 5) is 12.7. The van der Waals surface area contributed by atoms with Crippen LogP contribution in [0.4, 0.5) is 0 Å². The van der Waals surface area contributed by atoms with Crippen LogP contribution < -0.4 is 0 Å². The first-order chi connectivity index (χ1) is 10.8. The van der Waals surface area contributed by atoms with Crippen molar-refractivity contribution in [2.45, 2.75) is 0 Å². The van der Waals surface area contributed by atoms with Gasteiger partial charge in [0.25, 0.3) is 0 Å². The van der Waals surface area contributed by atoms with E-state index in [0.717, 1.165) is 10.8 Å². The summed E-state index contributed by atoms with van der Waals surface area (Å²) in [6.45, 7) is 0. The van der Waals surface area contributed by atoms with Crippen molar-refractivity contribution in [2.75, 3.05) is 0 Å². The van der Waals surface area contributed by atoms with E-state index >= 15 is 0 Å². The Morgan fingerprint density at radius 1 is 0.864 bits per heavy atom. The van der Waals surface area contributed by atoms with Crippen LogP contribution in [-0.4, -0.2) is 30.3 Å². The van der Waals surface area contributed by atoms with Gasteiger partial charge in [0.15, 0.2) is 11.6 Å². The van der Waals surface area contributed by atoms with Crippen molar-refractivity contribution in [3.8, 4) is 28.8 Å². The normalized spacial score (nSPS) is 10.9. The second kappa shape index (κ2) is 4.92. The highest BCUT2D eigenvalue weighted by Gasteiger charge is 2.15. The van der Waals surface area contributed by atoms with Gasteiger partial charge in [0.2, 0.25) is 5.82 Å². The van der Waals surface area contributed by atoms with Crippen molar-refractivity contribution in [1.29, 1.82) is 0 Å². The Labute approximate surface area is 125 Å². The molecule has 4 rings (SSSR count). The third-order valence-electron chi connectivity index (χ3n) is 3.40. The zero-order chi connectivity index (χ0) is 14.9. The first-order valence-electron chi connectivity index (χ1n) is 6.74. The molecular weight excluding hydrogens is 278 g/mol. The maximum atomic E-state index is 10.2. The maximum Gasteiger partial charge on any atom is 0.219 e. The molecule has 22 heavy (non-hydrogen) atoms. The van der Waals surface area contributed by atoms with Gasteiger partial charge in [-0.3, -0.25) is 5.10 Å². The maximum absolute atomic E-state index is 10.2. The molecule has 0 aliphatic carbocycles. The number of aromatic hydroxyl groups is 1. The van der Waals surface area contributed by atoms with Crippen molar-refractivity contribution < 1.29 is 5.11 Å². The largest absolute Gasteiger partial charge is 0.507 e. The molecule has 0 bridgehead atoms. The van der Waals surface area contributed by atoms with Gasteiger partial charge in [0, 0.05) is 12.4 Å². The molecule has 0 amide bonds. The van der Waals surface area contributed by atoms with E-state index in [4.69, 9.17) is 0 Å². The number of rotatable bonds is 2. The lowest BCUT2D eigenvalue weighted by Gasteiger charge is -2.05. The second-order valence-electron chi connectivity index (χ2n) is 4.76. The number of nitrogens with one attached hydrogen (secondary N) is 1. The summed E-state index contributed by atoms with van der Waals surface area (Å²) >= 11 is 0. The van der Waals surface area contributed by atoms with Gasteiger partial charge in [0.1, 0.15) is 5.75 Å². The summed E-state index contributed by atoms with van der Waals surface area (Å²) in [6, 6.07) is 13.0. The smallest absolute Gasteiger partial charge is 0.219 e. The molecular formula is C16H11N5O. The summed E-state index contributed by atoms with van der Waals surface area (Å²) in [5.41, 5.74) is 0.618. The molecule has 0 aliphatic rings. The molecule has 4 aromatic rings. The van der Waals surface area contributed by atoms with Crippen LogP contribution in [0.1, 0.15) is 0 Å². The minimum absolute atomic E-state index is 0.149. The summed E-state index contributed by atoms with van der Waals surface area (Å²) < 4.78 is 0. The summed E-state index contributed by atoms with van der Waals surface area (Å²) in [7, 11) is 0. The van der Waals surface area contributed by atoms with Crippen LogP contribution >= 0.6 is 0 Å². The molecule has 0 saturated heterocycles. The molecule has 6 nitrogen and oxygen atoms in total. The molecule has 0 aliphatic heterocycles. The minimum Gasteiger partial charge on any atom is -0.507 e. The number of aromatic amines is 1. The van der Waals surface area contributed by atoms with Gasteiger partial charge >= 0.3 is 0 Å². The molecule has 0 spiro atoms. The molecule has 0 saturated carbocycles. The first-order valence-corrected chi connectivity index (χ1v) is 6.74. The Balaban J connectivity index is 1.90. The molecule has 0 atom stereocenters. The van der Waals surface area contributed by atoms with Crippen LogP contribution in [0.2, 0.25) is 0 Å². The van der Waals surface area contributed by atoms with E-state index in [-0.39, 0.29) is 5.75 Å². The van der Waals surface area contributed by atoms with E-state index in [1.165, 1.54) is 0 Å². The van der Waals surface area contributed by atoms with E-state index in [9.17, 15) is 5.11 Å². The highest BCUT2D eigenvalue weighted by atomic mass is 16.3. The highest BCUT2D eigenvalue weighted by molar-refractivity contribution is 5.98. The zero-order valence-electron chi connectivity index (χ0n) is 11.4. The standard InChI is InChI=1S/C16H11N5O/c22-12-7-6-10-4-1-2-5-11(10)13(12)14-19-16(21-20-14)15-17-8-3-9-18-15/h1-9,22H,(H,19,20,21). The first kappa shape index (κ1) is 12.5. The van der Waals surface area contributed by atoms with Gasteiger partial charge in [0.05, 0.1) is 5.56 Å². The second-order valence-corrected chi connectivity index (χ2v) is 4.76. The molecule has 2 aromatic carbocycles. The van der Waals surface area contributed by atoms with Crippen molar-refractivity contribution in [2.24, 2.45) is 0 Å². The lowest BCUT2D eigenvalue weighted by Crippen LogP contribution is -1.89. The zero-order valence-corrected chi connectivity index (χ0v) is 11.4. The number of aromatic nitrogens is 5. The van der Waals surface area contributed by atoms with E-state index in [2.05, 4.69) is 25.1 Å². The minimum atomic E-state index is 0.149. The SMILES string of the molecule is Oc1ccc2ccccc2c1-c1nc(-c2ncccn2)n[nH]1. The van der Waals surface area contributed by atoms with E-state index in [1.807, 2.05) is 30.3 Å². The molecule has 0 unspecified atom stereocenters. The molecule has 2 aromatic heterocycles. The van der Waals surface area contributed by atoms with Crippen molar-refractivity contribution in [3.05, 3.63) is 54.9 Å². The van der Waals surface area contributed by atoms with Crippen LogP contribution in [0.3, 0.4) is 0 Å². The van der Waals surface area contributed by atoms with Crippen LogP contribution in [0.5, 0.6) is 5.75 Å². The summed E-state index contributed by atoms with van der Waals surface area (Å²) in [5, 5.41) is 19.1. The van der Waals surface area contributed by atoms with E-state index < -0.39 is 0 Å². The average molecular weight is 289 g/mol. The van der Waals surface area contributed by atoms with Crippen LogP contribution in [-0.2, 0) is 0 Å². The quantitative estimate of drug-likeness (QED) is 0.592. The Morgan fingerprint density at radius 3 is 2.55 bits per heavy atom. The Hall–Kier alpha value is -3.28. The predicted octanol–water partition coefficient (Wildman–Crippen LogP) is 2.79. The lowest BCUT2D eigenvalue weighted by atomic mass is 10.0. The number of benzene rings is 2. The van der Waals surface area contributed by atoms with Gasteiger partial charge in [-0.15, -0.1) is 5.10 Å². The van der Waals surface area contributed by atoms with E-state index in [0.29, 0.717) is 23.0 Å². The Kier molecular flexibility index (Phi) is 2.79. The number of hydrogen-bond acceptors (Lipinski definition) is 5. The molecule has 0 fully saturated rings. The molecule has 0 radical (unpaired) electrons. The van der Waals surface area contributed by atoms with Gasteiger partial charge in [-0.1, -0.05) is 30.3 Å². The van der Waals surface area contributed by atoms with Crippen molar-refractivity contribution in [3.63, 3.8) is 0 Å². The van der Waals surface area contributed by atoms with Crippen LogP contribution in [0.25, 0.3) is 33.8 Å². The topological polar surface area (TPSA) is 87.6 Å². The monoisotopic (exact) mass is 289 g/mol. The predicted molar refractivity (Wildman–Crippen MR) is 82.0 cm³/mol. The summed E-state index contributed by atoms with van der Waals surface area (Å²) in [5.74, 6) is 1.46. The van der Waals surface area contributed by atoms with Crippen LogP contribution in [0.15, 0.2) is 54.9 Å². The molecule has 106 valence electrons. The average Bonchev–Trinajstić information content (AvgIpc) is 3.05. The fourth-order valence-corrected chi connectivity index (χ4v) is 2.40. The lowest BCUT2D eigenvalue weighted by molar-refractivity contribution is 0.477. The number of phenolic OH excluding ortho intramolecular Hbond substituents is 1. The Morgan fingerprint density at radius 2 is 1.68 bits per heavy atom. The van der Waals surface area contributed by atoms with Gasteiger partial charge < -0.3 is 5.11 Å². The number of H-pyrrole nitrogens is 1. The fraction of sp³-hybridized carbons (Fsp3) is 0. The summed E-state index contributed by atoms with van der Waals surface area (Å²) in [6.07, 6.45) is 3.27. The van der Waals surface area contributed by atoms with E-state index in [1.54, 1.807) is 24.5 Å². The third kappa shape index (κ3) is 1.98. The molecule has 2 heterocycles. The Bertz CT molecular complexity index is 949. The van der Waals surface area contributed by atoms with Gasteiger partial charge in [-0.2, -0.15) is 0 Å². The third-order valence-corrected chi connectivity index (χ3v) is 3.40. The molecule has 6 heteroatoms. The number of phenols is 1. The molecule has 2 N–H and O–H groups in total. The number of hydrogen-bond donors (Lipinski definition) is 2. The fourth-order valence-electron chi connectivity index (χ4n) is 2.40. The van der Waals surface area contributed by atoms with Crippen molar-refractivity contribution >= 4 is 10.8 Å². The van der Waals surface area contributed by atoms with Gasteiger partial charge in [-0.05, 0) is 22.9 Å². The number of nitrogens with zero attached hydrogens (tertiary/aromatic N) is 4. The number of fused-ring (bicyclic) bond motifs is 1. The van der Waals surface area contributed by atoms with Crippen molar-refractivity contribution in [1.82, 2.24) is 25.1 Å². The highest BCUT2D eigenvalue weighted by Crippen LogP contribution is 2.34. The van der Waals surface area contributed by atoms with Gasteiger partial charge in [-0.25, -0.2) is 15.0 Å².